The molecule has 0 unspecified atom stereocenters. The van der Waals surface area contributed by atoms with Crippen molar-refractivity contribution in [3.63, 3.8) is 0 Å². The molecule has 1 aromatic heterocycles. The fraction of sp³-hybridized carbons (Fsp3) is 0.182. The second kappa shape index (κ2) is 5.49. The van der Waals surface area contributed by atoms with Gasteiger partial charge in [-0.15, -0.1) is 0 Å². The molecule has 1 heterocycles. The van der Waals surface area contributed by atoms with E-state index < -0.39 is 0 Å². The van der Waals surface area contributed by atoms with Crippen LogP contribution in [0.3, 0.4) is 0 Å². The maximum atomic E-state index is 11.9. The molecule has 88 valence electrons. The van der Waals surface area contributed by atoms with Gasteiger partial charge in [-0.3, -0.25) is 9.89 Å². The number of Topliss-reactive ketones (excluding diaryl/α,β-unsaturated/α-hetero) is 1. The van der Waals surface area contributed by atoms with Crippen LogP contribution in [0.2, 0.25) is 0 Å². The lowest BCUT2D eigenvalue weighted by atomic mass is 10.1. The summed E-state index contributed by atoms with van der Waals surface area (Å²) in [6.07, 6.45) is 1.42. The molecule has 0 aliphatic rings. The molecular formula is C11H11N3O2S. The third-order valence-corrected chi connectivity index (χ3v) is 3.00. The zero-order valence-electron chi connectivity index (χ0n) is 9.21. The summed E-state index contributed by atoms with van der Waals surface area (Å²) in [4.78, 5) is 15.8. The molecule has 0 amide bonds. The Bertz CT molecular complexity index is 499. The molecule has 0 radical (unpaired) electrons. The van der Waals surface area contributed by atoms with Gasteiger partial charge in [0.1, 0.15) is 12.1 Å². The number of aromatic amines is 1. The van der Waals surface area contributed by atoms with Crippen LogP contribution in [0.25, 0.3) is 0 Å². The van der Waals surface area contributed by atoms with Crippen molar-refractivity contribution in [1.82, 2.24) is 15.2 Å². The summed E-state index contributed by atoms with van der Waals surface area (Å²) in [5.74, 6) is 1.04. The highest BCUT2D eigenvalue weighted by atomic mass is 32.2. The van der Waals surface area contributed by atoms with Crippen molar-refractivity contribution in [3.8, 4) is 5.75 Å². The molecule has 0 aliphatic heterocycles. The van der Waals surface area contributed by atoms with Crippen LogP contribution in [0.15, 0.2) is 35.7 Å². The predicted molar refractivity (Wildman–Crippen MR) is 64.4 cm³/mol. The van der Waals surface area contributed by atoms with E-state index in [0.29, 0.717) is 22.2 Å². The first-order valence-corrected chi connectivity index (χ1v) is 5.93. The van der Waals surface area contributed by atoms with Crippen LogP contribution in [0, 0.1) is 0 Å². The van der Waals surface area contributed by atoms with Crippen molar-refractivity contribution >= 4 is 17.5 Å². The van der Waals surface area contributed by atoms with Gasteiger partial charge in [0.15, 0.2) is 10.9 Å². The highest BCUT2D eigenvalue weighted by Crippen LogP contribution is 2.17. The molecule has 2 rings (SSSR count). The zero-order valence-corrected chi connectivity index (χ0v) is 10.0. The zero-order chi connectivity index (χ0) is 12.1. The topological polar surface area (TPSA) is 67.9 Å². The van der Waals surface area contributed by atoms with Crippen molar-refractivity contribution in [2.45, 2.75) is 5.16 Å². The molecule has 0 saturated heterocycles. The number of hydrogen-bond donors (Lipinski definition) is 1. The first-order chi connectivity index (χ1) is 8.29. The van der Waals surface area contributed by atoms with Gasteiger partial charge in [-0.05, 0) is 12.1 Å². The molecule has 0 saturated carbocycles. The van der Waals surface area contributed by atoms with Gasteiger partial charge in [-0.25, -0.2) is 4.98 Å². The van der Waals surface area contributed by atoms with Crippen LogP contribution in [0.5, 0.6) is 5.75 Å². The monoisotopic (exact) mass is 249 g/mol. The number of benzene rings is 1. The molecular weight excluding hydrogens is 238 g/mol. The molecule has 0 spiro atoms. The van der Waals surface area contributed by atoms with Crippen LogP contribution in [0.4, 0.5) is 0 Å². The van der Waals surface area contributed by atoms with Gasteiger partial charge in [0, 0.05) is 5.56 Å². The lowest BCUT2D eigenvalue weighted by molar-refractivity contribution is 0.102. The summed E-state index contributed by atoms with van der Waals surface area (Å²) >= 11 is 1.32. The van der Waals surface area contributed by atoms with Crippen LogP contribution in [0.1, 0.15) is 10.4 Å². The highest BCUT2D eigenvalue weighted by molar-refractivity contribution is 7.99. The largest absolute Gasteiger partial charge is 0.497 e. The van der Waals surface area contributed by atoms with Gasteiger partial charge in [0.25, 0.3) is 0 Å². The number of H-pyrrole nitrogens is 1. The molecule has 1 aromatic carbocycles. The minimum atomic E-state index is 0.0327. The average molecular weight is 249 g/mol. The number of carbonyl (C=O) groups excluding carboxylic acids is 1. The van der Waals surface area contributed by atoms with Gasteiger partial charge >= 0.3 is 0 Å². The van der Waals surface area contributed by atoms with Crippen LogP contribution >= 0.6 is 11.8 Å². The molecule has 0 fully saturated rings. The number of nitrogens with zero attached hydrogens (tertiary/aromatic N) is 2. The van der Waals surface area contributed by atoms with E-state index in [4.69, 9.17) is 4.74 Å². The van der Waals surface area contributed by atoms with E-state index in [-0.39, 0.29) is 5.78 Å². The van der Waals surface area contributed by atoms with E-state index in [9.17, 15) is 4.79 Å². The maximum absolute atomic E-state index is 11.9. The van der Waals surface area contributed by atoms with Crippen LogP contribution in [-0.2, 0) is 0 Å². The summed E-state index contributed by atoms with van der Waals surface area (Å²) in [6.45, 7) is 0. The first-order valence-electron chi connectivity index (χ1n) is 4.95. The minimum Gasteiger partial charge on any atom is -0.497 e. The fourth-order valence-electron chi connectivity index (χ4n) is 1.28. The number of carbonyl (C=O) groups is 1. The summed E-state index contributed by atoms with van der Waals surface area (Å²) in [7, 11) is 1.58. The van der Waals surface area contributed by atoms with Crippen molar-refractivity contribution in [2.24, 2.45) is 0 Å². The Morgan fingerprint density at radius 2 is 2.41 bits per heavy atom. The number of nitrogens with one attached hydrogen (secondary N) is 1. The standard InChI is InChI=1S/C11H11N3O2S/c1-16-9-4-2-3-8(5-9)10(15)6-17-11-12-7-13-14-11/h2-5,7H,6H2,1H3,(H,12,13,14). The average Bonchev–Trinajstić information content (AvgIpc) is 2.89. The van der Waals surface area contributed by atoms with Crippen molar-refractivity contribution in [1.29, 1.82) is 0 Å². The molecule has 6 heteroatoms. The van der Waals surface area contributed by atoms with Gasteiger partial charge < -0.3 is 4.74 Å². The van der Waals surface area contributed by atoms with Crippen molar-refractivity contribution in [3.05, 3.63) is 36.2 Å². The molecule has 0 aliphatic carbocycles. The number of hydrogen-bond acceptors (Lipinski definition) is 5. The maximum Gasteiger partial charge on any atom is 0.183 e. The SMILES string of the molecule is COc1cccc(C(=O)CSc2ncn[nH]2)c1. The van der Waals surface area contributed by atoms with Gasteiger partial charge in [-0.2, -0.15) is 5.10 Å². The lowest BCUT2D eigenvalue weighted by Crippen LogP contribution is -2.02. The molecule has 17 heavy (non-hydrogen) atoms. The van der Waals surface area contributed by atoms with E-state index >= 15 is 0 Å². The number of aromatic nitrogens is 3. The first kappa shape index (κ1) is 11.7. The van der Waals surface area contributed by atoms with E-state index in [1.54, 1.807) is 31.4 Å². The van der Waals surface area contributed by atoms with E-state index in [0.717, 1.165) is 0 Å². The Labute approximate surface area is 103 Å². The third-order valence-electron chi connectivity index (χ3n) is 2.12. The van der Waals surface area contributed by atoms with Gasteiger partial charge in [0.05, 0.1) is 12.9 Å². The second-order valence-electron chi connectivity index (χ2n) is 3.23. The Morgan fingerprint density at radius 1 is 1.53 bits per heavy atom. The van der Waals surface area contributed by atoms with E-state index in [2.05, 4.69) is 15.2 Å². The third kappa shape index (κ3) is 3.07. The smallest absolute Gasteiger partial charge is 0.183 e. The normalized spacial score (nSPS) is 10.2. The van der Waals surface area contributed by atoms with Gasteiger partial charge in [0.2, 0.25) is 0 Å². The number of ether oxygens (including phenoxy) is 1. The molecule has 5 nitrogen and oxygen atoms in total. The van der Waals surface area contributed by atoms with Crippen LogP contribution < -0.4 is 4.74 Å². The highest BCUT2D eigenvalue weighted by Gasteiger charge is 2.08. The van der Waals surface area contributed by atoms with E-state index in [1.165, 1.54) is 18.1 Å². The Balaban J connectivity index is 1.99. The molecule has 2 aromatic rings. The minimum absolute atomic E-state index is 0.0327. The van der Waals surface area contributed by atoms with Gasteiger partial charge in [-0.1, -0.05) is 23.9 Å². The molecule has 0 bridgehead atoms. The van der Waals surface area contributed by atoms with E-state index in [1.807, 2.05) is 0 Å². The van der Waals surface area contributed by atoms with Crippen molar-refractivity contribution in [2.75, 3.05) is 12.9 Å². The number of methoxy groups -OCH3 is 1. The second-order valence-corrected chi connectivity index (χ2v) is 4.20. The number of rotatable bonds is 5. The summed E-state index contributed by atoms with van der Waals surface area (Å²) in [6, 6.07) is 7.10. The molecule has 0 atom stereocenters. The number of ketones is 1. The Hall–Kier alpha value is -1.82. The lowest BCUT2D eigenvalue weighted by Gasteiger charge is -2.02. The van der Waals surface area contributed by atoms with Crippen molar-refractivity contribution < 1.29 is 9.53 Å². The Morgan fingerprint density at radius 3 is 3.12 bits per heavy atom. The molecule has 1 N–H and O–H groups in total. The van der Waals surface area contributed by atoms with Crippen LogP contribution in [-0.4, -0.2) is 33.8 Å². The predicted octanol–water partition coefficient (Wildman–Crippen LogP) is 1.79. The summed E-state index contributed by atoms with van der Waals surface area (Å²) < 4.78 is 5.07. The number of thioether (sulfide) groups is 1. The summed E-state index contributed by atoms with van der Waals surface area (Å²) in [5, 5.41) is 7.04. The summed E-state index contributed by atoms with van der Waals surface area (Å²) in [5.41, 5.74) is 0.636. The fourth-order valence-corrected chi connectivity index (χ4v) is 1.95. The Kier molecular flexibility index (Phi) is 3.77. The quantitative estimate of drug-likeness (QED) is 0.646.